The van der Waals surface area contributed by atoms with Crippen molar-refractivity contribution in [3.63, 3.8) is 0 Å². The zero-order chi connectivity index (χ0) is 22.4. The molecule has 0 aliphatic rings. The van der Waals surface area contributed by atoms with Gasteiger partial charge in [0.25, 0.3) is 0 Å². The maximum atomic E-state index is 9.75. The van der Waals surface area contributed by atoms with Crippen LogP contribution in [-0.4, -0.2) is 14.4 Å². The number of hydrogen-bond donors (Lipinski definition) is 1. The van der Waals surface area contributed by atoms with Crippen LogP contribution in [-0.2, 0) is 0 Å². The number of fused-ring (bicyclic) bond motifs is 1. The van der Waals surface area contributed by atoms with Crippen molar-refractivity contribution in [2.75, 3.05) is 7.11 Å². The minimum Gasteiger partial charge on any atom is -0.497 e. The highest BCUT2D eigenvalue weighted by atomic mass is 35.5. The van der Waals surface area contributed by atoms with Crippen LogP contribution in [0.3, 0.4) is 0 Å². The molecule has 4 rings (SSSR count). The van der Waals surface area contributed by atoms with Crippen molar-refractivity contribution < 1.29 is 31.4 Å². The normalized spacial score (nSPS) is 11.7. The summed E-state index contributed by atoms with van der Waals surface area (Å²) in [6.45, 7) is 0. The van der Waals surface area contributed by atoms with Gasteiger partial charge in [0.2, 0.25) is 11.0 Å². The topological polar surface area (TPSA) is 36.3 Å². The molecule has 0 saturated carbocycles. The van der Waals surface area contributed by atoms with Crippen LogP contribution in [0.15, 0.2) is 83.3 Å². The molecule has 0 atom stereocenters. The van der Waals surface area contributed by atoms with E-state index >= 15 is 0 Å². The molecule has 0 radical (unpaired) electrons. The second-order valence-electron chi connectivity index (χ2n) is 6.38. The van der Waals surface area contributed by atoms with Crippen molar-refractivity contribution >= 4 is 35.5 Å². The van der Waals surface area contributed by atoms with Gasteiger partial charge in [-0.25, -0.2) is 4.99 Å². The number of para-hydroxylation sites is 1. The van der Waals surface area contributed by atoms with Gasteiger partial charge in [0.1, 0.15) is 17.1 Å². The number of hydrogen-bond acceptors (Lipinski definition) is 2. The molecule has 9 heteroatoms. The predicted octanol–water partition coefficient (Wildman–Crippen LogP) is 5.37. The zero-order valence-electron chi connectivity index (χ0n) is 16.3. The average Bonchev–Trinajstić information content (AvgIpc) is 2.72. The molecule has 1 heterocycles. The Labute approximate surface area is 180 Å². The Morgan fingerprint density at radius 1 is 0.871 bits per heavy atom. The lowest BCUT2D eigenvalue weighted by atomic mass is 10.1. The number of rotatable bonds is 3. The van der Waals surface area contributed by atoms with Crippen molar-refractivity contribution in [3.05, 3.63) is 89.2 Å². The van der Waals surface area contributed by atoms with Crippen molar-refractivity contribution in [2.45, 2.75) is 0 Å². The van der Waals surface area contributed by atoms with E-state index in [1.54, 1.807) is 7.11 Å². The van der Waals surface area contributed by atoms with E-state index in [0.29, 0.717) is 5.02 Å². The molecule has 0 saturated heterocycles. The van der Waals surface area contributed by atoms with Crippen molar-refractivity contribution in [1.82, 2.24) is 0 Å². The Hall–Kier alpha value is -3.26. The van der Waals surface area contributed by atoms with Gasteiger partial charge in [0, 0.05) is 22.7 Å². The largest absolute Gasteiger partial charge is 0.673 e. The summed E-state index contributed by atoms with van der Waals surface area (Å²) in [7, 11) is -4.34. The summed E-state index contributed by atoms with van der Waals surface area (Å²) in [5.41, 5.74) is 2.71. The van der Waals surface area contributed by atoms with Gasteiger partial charge >= 0.3 is 7.25 Å². The van der Waals surface area contributed by atoms with Crippen LogP contribution in [0.1, 0.15) is 0 Å². The molecule has 1 aromatic heterocycles. The van der Waals surface area contributed by atoms with Crippen LogP contribution in [0.2, 0.25) is 5.02 Å². The smallest absolute Gasteiger partial charge is 0.497 e. The predicted molar refractivity (Wildman–Crippen MR) is 114 cm³/mol. The molecule has 0 aliphatic carbocycles. The molecule has 0 unspecified atom stereocenters. The SMILES string of the molecule is COc1ccc(-c2cc(=[NH+]c3cccc(Cl)c3)c3ccccc3o2)cc1.F[B-](F)(F)F. The minimum atomic E-state index is -6.00. The van der Waals surface area contributed by atoms with E-state index in [-0.39, 0.29) is 0 Å². The second kappa shape index (κ2) is 9.70. The molecule has 4 aromatic rings. The highest BCUT2D eigenvalue weighted by Gasteiger charge is 2.20. The Morgan fingerprint density at radius 2 is 1.55 bits per heavy atom. The van der Waals surface area contributed by atoms with Crippen LogP contribution in [0.5, 0.6) is 5.75 Å². The minimum absolute atomic E-state index is 0.690. The summed E-state index contributed by atoms with van der Waals surface area (Å²) >= 11 is 6.11. The molecule has 0 bridgehead atoms. The lowest BCUT2D eigenvalue weighted by Crippen LogP contribution is -2.70. The number of nitrogens with one attached hydrogen (secondary N) is 1. The molecule has 3 aromatic carbocycles. The molecular formula is C22H17BClF4NO2. The second-order valence-corrected chi connectivity index (χ2v) is 6.82. The first-order valence-corrected chi connectivity index (χ1v) is 9.51. The zero-order valence-corrected chi connectivity index (χ0v) is 17.0. The highest BCUT2D eigenvalue weighted by Crippen LogP contribution is 2.24. The van der Waals surface area contributed by atoms with Crippen molar-refractivity contribution in [1.29, 1.82) is 0 Å². The van der Waals surface area contributed by atoms with E-state index in [1.165, 1.54) is 0 Å². The first-order chi connectivity index (χ1) is 14.7. The summed E-state index contributed by atoms with van der Waals surface area (Å²) in [4.78, 5) is 3.45. The van der Waals surface area contributed by atoms with E-state index in [1.807, 2.05) is 78.9 Å². The van der Waals surface area contributed by atoms with Gasteiger partial charge in [-0.3, -0.25) is 0 Å². The molecule has 0 fully saturated rings. The van der Waals surface area contributed by atoms with Gasteiger partial charge in [-0.1, -0.05) is 29.8 Å². The number of benzene rings is 3. The third-order valence-corrected chi connectivity index (χ3v) is 4.39. The van der Waals surface area contributed by atoms with Crippen LogP contribution in [0.4, 0.5) is 23.0 Å². The van der Waals surface area contributed by atoms with Gasteiger partial charge in [0.15, 0.2) is 0 Å². The van der Waals surface area contributed by atoms with E-state index < -0.39 is 7.25 Å². The molecule has 0 aliphatic heterocycles. The van der Waals surface area contributed by atoms with Gasteiger partial charge in [0.05, 0.1) is 18.6 Å². The lowest BCUT2D eigenvalue weighted by Gasteiger charge is -2.04. The summed E-state index contributed by atoms with van der Waals surface area (Å²) in [6.07, 6.45) is 0. The third-order valence-electron chi connectivity index (χ3n) is 4.15. The summed E-state index contributed by atoms with van der Waals surface area (Å²) in [5, 5.41) is 2.65. The summed E-state index contributed by atoms with van der Waals surface area (Å²) in [6, 6.07) is 25.4. The maximum absolute atomic E-state index is 9.75. The van der Waals surface area contributed by atoms with Crippen LogP contribution in [0.25, 0.3) is 22.3 Å². The lowest BCUT2D eigenvalue weighted by molar-refractivity contribution is -0.400. The number of ether oxygens (including phenoxy) is 1. The van der Waals surface area contributed by atoms with Gasteiger partial charge in [-0.15, -0.1) is 0 Å². The van der Waals surface area contributed by atoms with E-state index in [2.05, 4.69) is 4.99 Å². The fourth-order valence-electron chi connectivity index (χ4n) is 2.86. The van der Waals surface area contributed by atoms with E-state index in [0.717, 1.165) is 39.1 Å². The number of methoxy groups -OCH3 is 1. The quantitative estimate of drug-likeness (QED) is 0.337. The van der Waals surface area contributed by atoms with E-state index in [9.17, 15) is 17.3 Å². The number of halogens is 5. The van der Waals surface area contributed by atoms with Gasteiger partial charge < -0.3 is 26.4 Å². The molecule has 0 amide bonds. The van der Waals surface area contributed by atoms with Crippen molar-refractivity contribution in [3.8, 4) is 17.1 Å². The van der Waals surface area contributed by atoms with Crippen molar-refractivity contribution in [2.24, 2.45) is 0 Å². The fourth-order valence-corrected chi connectivity index (χ4v) is 3.05. The maximum Gasteiger partial charge on any atom is 0.673 e. The Kier molecular flexibility index (Phi) is 7.02. The first kappa shape index (κ1) is 22.4. The molecular weight excluding hydrogens is 433 g/mol. The monoisotopic (exact) mass is 449 g/mol. The molecule has 1 N–H and O–H groups in total. The highest BCUT2D eigenvalue weighted by molar-refractivity contribution is 6.50. The van der Waals surface area contributed by atoms with Crippen LogP contribution < -0.4 is 15.1 Å². The molecule has 31 heavy (non-hydrogen) atoms. The van der Waals surface area contributed by atoms with Gasteiger partial charge in [-0.05, 0) is 42.5 Å². The average molecular weight is 450 g/mol. The Bertz CT molecular complexity index is 1230. The Morgan fingerprint density at radius 3 is 2.19 bits per heavy atom. The summed E-state index contributed by atoms with van der Waals surface area (Å²) in [5.74, 6) is 1.59. The molecule has 160 valence electrons. The van der Waals surface area contributed by atoms with E-state index in [4.69, 9.17) is 20.8 Å². The first-order valence-electron chi connectivity index (χ1n) is 9.13. The summed E-state index contributed by atoms with van der Waals surface area (Å²) < 4.78 is 50.4. The fraction of sp³-hybridized carbons (Fsp3) is 0.0455. The van der Waals surface area contributed by atoms with Gasteiger partial charge in [-0.2, -0.15) is 0 Å². The Balaban J connectivity index is 0.000000491. The standard InChI is InChI=1S/C22H16ClNO2.BF4/c1-25-18-11-9-15(10-12-18)22-14-20(19-7-2-3-8-21(19)26-22)24-17-6-4-5-16(23)13-17;2-1(3,4)5/h2-14H,1H3;/q;-1/p+1. The van der Waals surface area contributed by atoms with Crippen LogP contribution >= 0.6 is 11.6 Å². The molecule has 3 nitrogen and oxygen atoms in total. The molecule has 0 spiro atoms. The van der Waals surface area contributed by atoms with Crippen LogP contribution in [0, 0.1) is 0 Å². The third kappa shape index (κ3) is 6.62.